The number of hydrogen-bond acceptors (Lipinski definition) is 4. The third-order valence-corrected chi connectivity index (χ3v) is 3.68. The lowest BCUT2D eigenvalue weighted by Gasteiger charge is -2.02. The summed E-state index contributed by atoms with van der Waals surface area (Å²) in [4.78, 5) is 26.8. The molecule has 0 aliphatic heterocycles. The van der Waals surface area contributed by atoms with Gasteiger partial charge >= 0.3 is 5.97 Å². The number of carboxylic acids is 1. The fraction of sp³-hybridized carbons (Fsp3) is 0.267. The Morgan fingerprint density at radius 1 is 1.38 bits per heavy atom. The second-order valence-electron chi connectivity index (χ2n) is 4.71. The van der Waals surface area contributed by atoms with Crippen LogP contribution in [0, 0.1) is 6.92 Å². The highest BCUT2D eigenvalue weighted by atomic mass is 32.1. The minimum Gasteiger partial charge on any atom is -0.481 e. The van der Waals surface area contributed by atoms with Crippen LogP contribution in [0.15, 0.2) is 29.6 Å². The molecule has 1 heterocycles. The average molecular weight is 304 g/mol. The third kappa shape index (κ3) is 4.68. The van der Waals surface area contributed by atoms with Gasteiger partial charge in [0.1, 0.15) is 0 Å². The van der Waals surface area contributed by atoms with Gasteiger partial charge in [-0.2, -0.15) is 0 Å². The van der Waals surface area contributed by atoms with Crippen LogP contribution in [-0.4, -0.2) is 22.0 Å². The number of thiazole rings is 1. The van der Waals surface area contributed by atoms with Crippen LogP contribution in [0.4, 0.5) is 5.13 Å². The molecule has 2 rings (SSSR count). The van der Waals surface area contributed by atoms with Gasteiger partial charge in [0.25, 0.3) is 5.91 Å². The average Bonchev–Trinajstić information content (AvgIpc) is 2.86. The summed E-state index contributed by atoms with van der Waals surface area (Å²) in [5, 5.41) is 13.7. The van der Waals surface area contributed by atoms with Crippen molar-refractivity contribution in [1.29, 1.82) is 0 Å². The number of carbonyl (C=O) groups excluding carboxylic acids is 1. The molecule has 0 saturated carbocycles. The first-order valence-electron chi connectivity index (χ1n) is 6.59. The van der Waals surface area contributed by atoms with E-state index in [1.165, 1.54) is 11.3 Å². The Morgan fingerprint density at radius 3 is 2.90 bits per heavy atom. The minimum absolute atomic E-state index is 0.127. The van der Waals surface area contributed by atoms with E-state index in [2.05, 4.69) is 10.3 Å². The SMILES string of the molecule is Cc1cccc(C(=O)Nc2nc(CCCC(=O)O)cs2)c1. The van der Waals surface area contributed by atoms with Crippen molar-refractivity contribution in [3.63, 3.8) is 0 Å². The Labute approximate surface area is 126 Å². The van der Waals surface area contributed by atoms with E-state index in [0.717, 1.165) is 11.3 Å². The van der Waals surface area contributed by atoms with Crippen LogP contribution in [0.1, 0.15) is 34.5 Å². The molecule has 2 aromatic rings. The quantitative estimate of drug-likeness (QED) is 0.859. The predicted molar refractivity (Wildman–Crippen MR) is 81.8 cm³/mol. The maximum Gasteiger partial charge on any atom is 0.303 e. The molecule has 110 valence electrons. The highest BCUT2D eigenvalue weighted by Gasteiger charge is 2.09. The number of nitrogens with zero attached hydrogens (tertiary/aromatic N) is 1. The minimum atomic E-state index is -0.807. The Bertz CT molecular complexity index is 652. The molecular formula is C15H16N2O3S. The van der Waals surface area contributed by atoms with E-state index in [0.29, 0.717) is 23.5 Å². The van der Waals surface area contributed by atoms with Crippen molar-refractivity contribution >= 4 is 28.3 Å². The molecular weight excluding hydrogens is 288 g/mol. The number of hydrogen-bond donors (Lipinski definition) is 2. The first-order chi connectivity index (χ1) is 10.0. The van der Waals surface area contributed by atoms with E-state index in [1.54, 1.807) is 6.07 Å². The lowest BCUT2D eigenvalue weighted by Crippen LogP contribution is -2.11. The molecule has 0 aliphatic carbocycles. The lowest BCUT2D eigenvalue weighted by atomic mass is 10.1. The number of aryl methyl sites for hydroxylation is 2. The summed E-state index contributed by atoms with van der Waals surface area (Å²) in [7, 11) is 0. The molecule has 2 N–H and O–H groups in total. The van der Waals surface area contributed by atoms with E-state index < -0.39 is 5.97 Å². The van der Waals surface area contributed by atoms with Gasteiger partial charge in [-0.05, 0) is 31.9 Å². The van der Waals surface area contributed by atoms with E-state index in [9.17, 15) is 9.59 Å². The topological polar surface area (TPSA) is 79.3 Å². The van der Waals surface area contributed by atoms with Crippen LogP contribution in [0.2, 0.25) is 0 Å². The fourth-order valence-corrected chi connectivity index (χ4v) is 2.60. The number of aromatic nitrogens is 1. The van der Waals surface area contributed by atoms with E-state index in [1.807, 2.05) is 30.5 Å². The number of nitrogens with one attached hydrogen (secondary N) is 1. The van der Waals surface area contributed by atoms with Crippen molar-refractivity contribution < 1.29 is 14.7 Å². The van der Waals surface area contributed by atoms with Crippen LogP contribution in [0.25, 0.3) is 0 Å². The maximum atomic E-state index is 12.1. The van der Waals surface area contributed by atoms with Crippen molar-refractivity contribution in [1.82, 2.24) is 4.98 Å². The molecule has 0 atom stereocenters. The van der Waals surface area contributed by atoms with Gasteiger partial charge in [0.05, 0.1) is 5.69 Å². The number of anilines is 1. The van der Waals surface area contributed by atoms with Crippen LogP contribution in [-0.2, 0) is 11.2 Å². The molecule has 1 amide bonds. The van der Waals surface area contributed by atoms with Gasteiger partial charge in [0.2, 0.25) is 0 Å². The summed E-state index contributed by atoms with van der Waals surface area (Å²) in [6.07, 6.45) is 1.27. The van der Waals surface area contributed by atoms with Gasteiger partial charge in [-0.25, -0.2) is 4.98 Å². The van der Waals surface area contributed by atoms with E-state index >= 15 is 0 Å². The van der Waals surface area contributed by atoms with Gasteiger partial charge in [-0.3, -0.25) is 14.9 Å². The van der Waals surface area contributed by atoms with Gasteiger partial charge in [-0.15, -0.1) is 11.3 Å². The zero-order chi connectivity index (χ0) is 15.2. The van der Waals surface area contributed by atoms with Crippen molar-refractivity contribution in [2.24, 2.45) is 0 Å². The third-order valence-electron chi connectivity index (χ3n) is 2.88. The Kier molecular flexibility index (Phi) is 5.05. The van der Waals surface area contributed by atoms with Crippen LogP contribution >= 0.6 is 11.3 Å². The Hall–Kier alpha value is -2.21. The zero-order valence-corrected chi connectivity index (χ0v) is 12.4. The lowest BCUT2D eigenvalue weighted by molar-refractivity contribution is -0.137. The number of amides is 1. The summed E-state index contributed by atoms with van der Waals surface area (Å²) >= 11 is 1.35. The molecule has 1 aromatic heterocycles. The molecule has 0 unspecified atom stereocenters. The van der Waals surface area contributed by atoms with Gasteiger partial charge < -0.3 is 5.11 Å². The second kappa shape index (κ2) is 6.99. The zero-order valence-electron chi connectivity index (χ0n) is 11.6. The first-order valence-corrected chi connectivity index (χ1v) is 7.47. The standard InChI is InChI=1S/C15H16N2O3S/c1-10-4-2-5-11(8-10)14(20)17-15-16-12(9-21-15)6-3-7-13(18)19/h2,4-5,8-9H,3,6-7H2,1H3,(H,18,19)(H,16,17,20). The molecule has 0 saturated heterocycles. The molecule has 0 fully saturated rings. The number of benzene rings is 1. The monoisotopic (exact) mass is 304 g/mol. The summed E-state index contributed by atoms with van der Waals surface area (Å²) in [5.41, 5.74) is 2.43. The molecule has 0 radical (unpaired) electrons. The van der Waals surface area contributed by atoms with E-state index in [4.69, 9.17) is 5.11 Å². The molecule has 0 bridgehead atoms. The molecule has 0 spiro atoms. The highest BCUT2D eigenvalue weighted by Crippen LogP contribution is 2.18. The molecule has 0 aliphatic rings. The van der Waals surface area contributed by atoms with Crippen LogP contribution in [0.5, 0.6) is 0 Å². The van der Waals surface area contributed by atoms with Crippen LogP contribution < -0.4 is 5.32 Å². The summed E-state index contributed by atoms with van der Waals surface area (Å²) < 4.78 is 0. The maximum absolute atomic E-state index is 12.1. The molecule has 21 heavy (non-hydrogen) atoms. The van der Waals surface area contributed by atoms with Crippen molar-refractivity contribution in [2.45, 2.75) is 26.2 Å². The molecule has 1 aromatic carbocycles. The van der Waals surface area contributed by atoms with Crippen molar-refractivity contribution in [3.05, 3.63) is 46.5 Å². The van der Waals surface area contributed by atoms with Gasteiger partial charge in [-0.1, -0.05) is 17.7 Å². The molecule has 5 nitrogen and oxygen atoms in total. The fourth-order valence-electron chi connectivity index (χ4n) is 1.86. The smallest absolute Gasteiger partial charge is 0.303 e. The highest BCUT2D eigenvalue weighted by molar-refractivity contribution is 7.13. The van der Waals surface area contributed by atoms with Crippen molar-refractivity contribution in [2.75, 3.05) is 5.32 Å². The number of rotatable bonds is 6. The predicted octanol–water partition coefficient (Wildman–Crippen LogP) is 3.11. The molecule has 6 heteroatoms. The largest absolute Gasteiger partial charge is 0.481 e. The van der Waals surface area contributed by atoms with Gasteiger partial charge in [0.15, 0.2) is 5.13 Å². The number of carboxylic acid groups (broad SMARTS) is 1. The van der Waals surface area contributed by atoms with Gasteiger partial charge in [0, 0.05) is 17.4 Å². The number of carbonyl (C=O) groups is 2. The Morgan fingerprint density at radius 2 is 2.19 bits per heavy atom. The number of aliphatic carboxylic acids is 1. The van der Waals surface area contributed by atoms with Crippen LogP contribution in [0.3, 0.4) is 0 Å². The summed E-state index contributed by atoms with van der Waals surface area (Å²) in [6, 6.07) is 7.34. The first kappa shape index (κ1) is 15.2. The summed E-state index contributed by atoms with van der Waals surface area (Å²) in [5.74, 6) is -0.997. The normalized spacial score (nSPS) is 10.3. The summed E-state index contributed by atoms with van der Waals surface area (Å²) in [6.45, 7) is 1.93. The Balaban J connectivity index is 1.93. The van der Waals surface area contributed by atoms with Crippen molar-refractivity contribution in [3.8, 4) is 0 Å². The van der Waals surface area contributed by atoms with E-state index in [-0.39, 0.29) is 12.3 Å². The second-order valence-corrected chi connectivity index (χ2v) is 5.57.